The van der Waals surface area contributed by atoms with Crippen molar-refractivity contribution in [3.05, 3.63) is 30.6 Å². The Kier molecular flexibility index (Phi) is 6.20. The Morgan fingerprint density at radius 3 is 2.53 bits per heavy atom. The van der Waals surface area contributed by atoms with Crippen molar-refractivity contribution in [1.82, 2.24) is 29.8 Å². The molecule has 0 unspecified atom stereocenters. The van der Waals surface area contributed by atoms with Crippen molar-refractivity contribution in [2.75, 3.05) is 51.9 Å². The number of aromatic nitrogens is 4. The van der Waals surface area contributed by atoms with Gasteiger partial charge in [-0.2, -0.15) is 4.98 Å². The molecule has 1 aliphatic rings. The van der Waals surface area contributed by atoms with Crippen molar-refractivity contribution in [3.8, 4) is 23.0 Å². The highest BCUT2D eigenvalue weighted by Gasteiger charge is 2.15. The first-order valence-electron chi connectivity index (χ1n) is 10.3. The molecular weight excluding hydrogens is 382 g/mol. The number of piperazine rings is 1. The molecule has 9 nitrogen and oxygen atoms in total. The summed E-state index contributed by atoms with van der Waals surface area (Å²) >= 11 is 0. The van der Waals surface area contributed by atoms with Gasteiger partial charge in [-0.25, -0.2) is 20.0 Å². The predicted molar refractivity (Wildman–Crippen MR) is 116 cm³/mol. The highest BCUT2D eigenvalue weighted by atomic mass is 16.5. The molecule has 1 fully saturated rings. The third-order valence-electron chi connectivity index (χ3n) is 4.94. The lowest BCUT2D eigenvalue weighted by Crippen LogP contribution is -2.47. The van der Waals surface area contributed by atoms with Gasteiger partial charge in [0.15, 0.2) is 0 Å². The topological polar surface area (TPSA) is 88.5 Å². The molecule has 0 spiro atoms. The van der Waals surface area contributed by atoms with E-state index in [9.17, 15) is 0 Å². The van der Waals surface area contributed by atoms with Crippen LogP contribution in [0.3, 0.4) is 0 Å². The van der Waals surface area contributed by atoms with E-state index in [4.69, 9.17) is 9.47 Å². The smallest absolute Gasteiger partial charge is 0.319 e. The van der Waals surface area contributed by atoms with Crippen molar-refractivity contribution in [3.63, 3.8) is 0 Å². The Bertz CT molecular complexity index is 1010. The molecule has 0 bridgehead atoms. The molecule has 3 heterocycles. The first-order chi connectivity index (χ1) is 14.7. The predicted octanol–water partition coefficient (Wildman–Crippen LogP) is 2.46. The maximum absolute atomic E-state index is 5.72. The number of hydrogen-bond donors (Lipinski definition) is 1. The standard InChI is InChI=1S/C21H27N7O2/c1-4-29-19-17(14-23-21(25-19)30-5-2)15-6-7-18-16(12-15)13-22-20(24-18)26-28-10-8-27(3)9-11-28/h6-7,12-14H,4-5,8-11H2,1-3H3,(H,22,24,26). The van der Waals surface area contributed by atoms with Crippen LogP contribution >= 0.6 is 0 Å². The first-order valence-corrected chi connectivity index (χ1v) is 10.3. The molecule has 0 atom stereocenters. The van der Waals surface area contributed by atoms with E-state index in [-0.39, 0.29) is 0 Å². The number of nitrogens with one attached hydrogen (secondary N) is 1. The molecule has 30 heavy (non-hydrogen) atoms. The van der Waals surface area contributed by atoms with Gasteiger partial charge in [0.2, 0.25) is 11.8 Å². The Labute approximate surface area is 176 Å². The van der Waals surface area contributed by atoms with Gasteiger partial charge in [-0.15, -0.1) is 0 Å². The van der Waals surface area contributed by atoms with Crippen LogP contribution in [0.25, 0.3) is 22.0 Å². The van der Waals surface area contributed by atoms with Crippen molar-refractivity contribution >= 4 is 16.9 Å². The fourth-order valence-electron chi connectivity index (χ4n) is 3.31. The lowest BCUT2D eigenvalue weighted by atomic mass is 10.1. The molecule has 1 aromatic carbocycles. The molecule has 1 aliphatic heterocycles. The summed E-state index contributed by atoms with van der Waals surface area (Å²) in [6, 6.07) is 6.31. The van der Waals surface area contributed by atoms with E-state index in [2.05, 4.69) is 42.3 Å². The zero-order chi connectivity index (χ0) is 20.9. The fraction of sp³-hybridized carbons (Fsp3) is 0.429. The van der Waals surface area contributed by atoms with Gasteiger partial charge in [-0.05, 0) is 38.6 Å². The Morgan fingerprint density at radius 1 is 0.967 bits per heavy atom. The van der Waals surface area contributed by atoms with Gasteiger partial charge in [-0.1, -0.05) is 6.07 Å². The van der Waals surface area contributed by atoms with E-state index in [1.807, 2.05) is 38.2 Å². The molecule has 0 amide bonds. The van der Waals surface area contributed by atoms with Gasteiger partial charge in [0.05, 0.1) is 24.3 Å². The third kappa shape index (κ3) is 4.58. The largest absolute Gasteiger partial charge is 0.477 e. The van der Waals surface area contributed by atoms with Crippen LogP contribution in [0, 0.1) is 0 Å². The second-order valence-corrected chi connectivity index (χ2v) is 7.11. The van der Waals surface area contributed by atoms with Gasteiger partial charge in [0.1, 0.15) is 0 Å². The van der Waals surface area contributed by atoms with Crippen molar-refractivity contribution < 1.29 is 9.47 Å². The van der Waals surface area contributed by atoms with Gasteiger partial charge < -0.3 is 14.4 Å². The van der Waals surface area contributed by atoms with Gasteiger partial charge >= 0.3 is 6.01 Å². The van der Waals surface area contributed by atoms with E-state index in [1.54, 1.807) is 6.20 Å². The van der Waals surface area contributed by atoms with E-state index < -0.39 is 0 Å². The Hall–Kier alpha value is -3.04. The van der Waals surface area contributed by atoms with Crippen molar-refractivity contribution in [2.24, 2.45) is 0 Å². The number of benzene rings is 1. The van der Waals surface area contributed by atoms with E-state index in [1.165, 1.54) is 0 Å². The zero-order valence-corrected chi connectivity index (χ0v) is 17.6. The summed E-state index contributed by atoms with van der Waals surface area (Å²) < 4.78 is 11.1. The molecule has 158 valence electrons. The van der Waals surface area contributed by atoms with Gasteiger partial charge in [-0.3, -0.25) is 5.43 Å². The molecule has 9 heteroatoms. The Morgan fingerprint density at radius 2 is 1.77 bits per heavy atom. The maximum atomic E-state index is 5.72. The highest BCUT2D eigenvalue weighted by Crippen LogP contribution is 2.31. The average molecular weight is 409 g/mol. The highest BCUT2D eigenvalue weighted by molar-refractivity contribution is 5.85. The summed E-state index contributed by atoms with van der Waals surface area (Å²) in [5.74, 6) is 1.11. The minimum absolute atomic E-state index is 0.313. The number of rotatable bonds is 7. The molecule has 1 saturated heterocycles. The summed E-state index contributed by atoms with van der Waals surface area (Å²) in [4.78, 5) is 20.1. The number of ether oxygens (including phenoxy) is 2. The number of likely N-dealkylation sites (N-methyl/N-ethyl adjacent to an activating group) is 1. The lowest BCUT2D eigenvalue weighted by molar-refractivity contribution is 0.178. The summed E-state index contributed by atoms with van der Waals surface area (Å²) in [6.07, 6.45) is 3.56. The van der Waals surface area contributed by atoms with Crippen LogP contribution in [0.2, 0.25) is 0 Å². The minimum atomic E-state index is 0.313. The van der Waals surface area contributed by atoms with Crippen molar-refractivity contribution in [1.29, 1.82) is 0 Å². The number of anilines is 1. The quantitative estimate of drug-likeness (QED) is 0.632. The monoisotopic (exact) mass is 409 g/mol. The van der Waals surface area contributed by atoms with E-state index in [0.717, 1.165) is 48.2 Å². The molecule has 0 aliphatic carbocycles. The molecular formula is C21H27N7O2. The second kappa shape index (κ2) is 9.19. The van der Waals surface area contributed by atoms with Gasteiger partial charge in [0.25, 0.3) is 0 Å². The Balaban J connectivity index is 1.58. The van der Waals surface area contributed by atoms with Crippen LogP contribution < -0.4 is 14.9 Å². The third-order valence-corrected chi connectivity index (χ3v) is 4.94. The van der Waals surface area contributed by atoms with Crippen molar-refractivity contribution in [2.45, 2.75) is 13.8 Å². The summed E-state index contributed by atoms with van der Waals surface area (Å²) in [5.41, 5.74) is 5.93. The van der Waals surface area contributed by atoms with Gasteiger partial charge in [0, 0.05) is 44.0 Å². The minimum Gasteiger partial charge on any atom is -0.477 e. The summed E-state index contributed by atoms with van der Waals surface area (Å²) in [6.45, 7) is 8.76. The van der Waals surface area contributed by atoms with E-state index >= 15 is 0 Å². The molecule has 3 aromatic rings. The number of hydrazine groups is 1. The number of hydrogen-bond acceptors (Lipinski definition) is 9. The van der Waals surface area contributed by atoms with Crippen LogP contribution in [0.1, 0.15) is 13.8 Å². The molecule has 4 rings (SSSR count). The molecule has 0 radical (unpaired) electrons. The van der Waals surface area contributed by atoms with Crippen LogP contribution in [-0.4, -0.2) is 76.3 Å². The normalized spacial score (nSPS) is 15.3. The SMILES string of the molecule is CCOc1ncc(-c2ccc3nc(NN4CCN(C)CC4)ncc3c2)c(OCC)n1. The molecule has 0 saturated carbocycles. The van der Waals surface area contributed by atoms with Crippen LogP contribution in [0.15, 0.2) is 30.6 Å². The maximum Gasteiger partial charge on any atom is 0.319 e. The zero-order valence-electron chi connectivity index (χ0n) is 17.6. The lowest BCUT2D eigenvalue weighted by Gasteiger charge is -2.32. The van der Waals surface area contributed by atoms with E-state index in [0.29, 0.717) is 31.1 Å². The second-order valence-electron chi connectivity index (χ2n) is 7.11. The first kappa shape index (κ1) is 20.2. The average Bonchev–Trinajstić information content (AvgIpc) is 2.76. The van der Waals surface area contributed by atoms with Crippen LogP contribution in [0.4, 0.5) is 5.95 Å². The van der Waals surface area contributed by atoms with Crippen LogP contribution in [-0.2, 0) is 0 Å². The number of fused-ring (bicyclic) bond motifs is 1. The summed E-state index contributed by atoms with van der Waals surface area (Å²) in [5, 5.41) is 3.09. The fourth-order valence-corrected chi connectivity index (χ4v) is 3.31. The number of nitrogens with zero attached hydrogens (tertiary/aromatic N) is 6. The van der Waals surface area contributed by atoms with Crippen LogP contribution in [0.5, 0.6) is 11.9 Å². The molecule has 1 N–H and O–H groups in total. The summed E-state index contributed by atoms with van der Waals surface area (Å²) in [7, 11) is 2.13. The molecule has 2 aromatic heterocycles.